The van der Waals surface area contributed by atoms with Gasteiger partial charge in [-0.2, -0.15) is 0 Å². The first-order valence-corrected chi connectivity index (χ1v) is 11.9. The zero-order valence-corrected chi connectivity index (χ0v) is 19.1. The summed E-state index contributed by atoms with van der Waals surface area (Å²) in [5.74, 6) is 1.07. The minimum Gasteiger partial charge on any atom is -0.493 e. The van der Waals surface area contributed by atoms with Crippen molar-refractivity contribution in [3.8, 4) is 5.75 Å². The van der Waals surface area contributed by atoms with E-state index >= 15 is 0 Å². The van der Waals surface area contributed by atoms with Crippen molar-refractivity contribution in [3.05, 3.63) is 70.3 Å². The summed E-state index contributed by atoms with van der Waals surface area (Å²) < 4.78 is 5.97. The highest BCUT2D eigenvalue weighted by molar-refractivity contribution is 5.93. The Labute approximate surface area is 186 Å². The predicted molar refractivity (Wildman–Crippen MR) is 131 cm³/mol. The van der Waals surface area contributed by atoms with Crippen LogP contribution in [0.2, 0.25) is 0 Å². The average molecular weight is 415 g/mol. The van der Waals surface area contributed by atoms with Crippen LogP contribution in [0.3, 0.4) is 0 Å². The lowest BCUT2D eigenvalue weighted by molar-refractivity contribution is 0.288. The molecule has 3 nitrogen and oxygen atoms in total. The number of anilines is 1. The highest BCUT2D eigenvalue weighted by atomic mass is 16.5. The minimum atomic E-state index is 0.523. The third-order valence-electron chi connectivity index (χ3n) is 6.93. The standard InChI is InChI=1S/C28H34N2O/c1-4-21-7-9-23-14-26(30-17-19(2)29-20(3)18-30)12-11-24(23)15-27(21)25-10-8-22-6-5-13-31-28(22)16-25/h4,8,10-12,14-16,19-20,29H,5-7,9,13,17-18H2,1-3H3/t19-,20+. The van der Waals surface area contributed by atoms with Gasteiger partial charge in [0, 0.05) is 30.9 Å². The van der Waals surface area contributed by atoms with Crippen LogP contribution in [0.1, 0.15) is 55.9 Å². The number of benzene rings is 2. The lowest BCUT2D eigenvalue weighted by Crippen LogP contribution is -2.54. The predicted octanol–water partition coefficient (Wildman–Crippen LogP) is 5.63. The maximum absolute atomic E-state index is 5.97. The maximum Gasteiger partial charge on any atom is 0.123 e. The number of piperazine rings is 1. The third-order valence-corrected chi connectivity index (χ3v) is 6.93. The minimum absolute atomic E-state index is 0.523. The Morgan fingerprint density at radius 2 is 1.81 bits per heavy atom. The number of hydrogen-bond acceptors (Lipinski definition) is 3. The monoisotopic (exact) mass is 414 g/mol. The van der Waals surface area contributed by atoms with Crippen LogP contribution in [0.25, 0.3) is 11.6 Å². The summed E-state index contributed by atoms with van der Waals surface area (Å²) >= 11 is 0. The number of aryl methyl sites for hydroxylation is 2. The van der Waals surface area contributed by atoms with Crippen molar-refractivity contribution in [2.45, 2.75) is 58.5 Å². The zero-order valence-electron chi connectivity index (χ0n) is 19.1. The maximum atomic E-state index is 5.97. The quantitative estimate of drug-likeness (QED) is 0.689. The van der Waals surface area contributed by atoms with E-state index in [1.54, 1.807) is 0 Å². The van der Waals surface area contributed by atoms with Gasteiger partial charge in [-0.25, -0.2) is 0 Å². The molecule has 5 rings (SSSR count). The van der Waals surface area contributed by atoms with Gasteiger partial charge in [-0.3, -0.25) is 0 Å². The molecule has 0 spiro atoms. The number of allylic oxidation sites excluding steroid dienone is 3. The number of nitrogens with zero attached hydrogens (tertiary/aromatic N) is 1. The molecule has 2 aliphatic heterocycles. The van der Waals surface area contributed by atoms with Crippen LogP contribution in [0.5, 0.6) is 5.75 Å². The van der Waals surface area contributed by atoms with Crippen LogP contribution in [0.4, 0.5) is 5.69 Å². The molecule has 3 heteroatoms. The van der Waals surface area contributed by atoms with E-state index in [4.69, 9.17) is 4.74 Å². The van der Waals surface area contributed by atoms with Crippen LogP contribution >= 0.6 is 0 Å². The molecule has 3 aliphatic rings. The van der Waals surface area contributed by atoms with Crippen molar-refractivity contribution in [3.63, 3.8) is 0 Å². The number of nitrogens with one attached hydrogen (secondary N) is 1. The summed E-state index contributed by atoms with van der Waals surface area (Å²) in [6.45, 7) is 9.70. The van der Waals surface area contributed by atoms with Gasteiger partial charge < -0.3 is 15.0 Å². The zero-order chi connectivity index (χ0) is 21.4. The molecular formula is C28H34N2O. The molecule has 0 amide bonds. The summed E-state index contributed by atoms with van der Waals surface area (Å²) in [4.78, 5) is 2.54. The van der Waals surface area contributed by atoms with E-state index < -0.39 is 0 Å². The van der Waals surface area contributed by atoms with Gasteiger partial charge >= 0.3 is 0 Å². The second-order valence-electron chi connectivity index (χ2n) is 9.40. The van der Waals surface area contributed by atoms with Gasteiger partial charge in [0.15, 0.2) is 0 Å². The first-order valence-electron chi connectivity index (χ1n) is 11.9. The van der Waals surface area contributed by atoms with Gasteiger partial charge in [-0.05, 0) is 104 Å². The number of rotatable bonds is 2. The fourth-order valence-corrected chi connectivity index (χ4v) is 5.41. The molecule has 2 aromatic rings. The largest absolute Gasteiger partial charge is 0.493 e. The van der Waals surface area contributed by atoms with Crippen LogP contribution in [-0.2, 0) is 12.8 Å². The van der Waals surface area contributed by atoms with Gasteiger partial charge in [0.25, 0.3) is 0 Å². The van der Waals surface area contributed by atoms with Crippen LogP contribution in [0, 0.1) is 0 Å². The van der Waals surface area contributed by atoms with Gasteiger partial charge in [-0.1, -0.05) is 24.3 Å². The van der Waals surface area contributed by atoms with Crippen molar-refractivity contribution in [2.75, 3.05) is 24.6 Å². The van der Waals surface area contributed by atoms with E-state index in [0.717, 1.165) is 51.1 Å². The van der Waals surface area contributed by atoms with Crippen molar-refractivity contribution in [1.82, 2.24) is 5.32 Å². The molecule has 31 heavy (non-hydrogen) atoms. The molecule has 2 aromatic carbocycles. The fraction of sp³-hybridized carbons (Fsp3) is 0.429. The SMILES string of the molecule is CC=C1CCc2cc(N3C[C@@H](C)N[C@@H](C)C3)ccc2C=C1c1ccc2c(c1)OCCC2. The first kappa shape index (κ1) is 20.4. The van der Waals surface area contributed by atoms with Crippen molar-refractivity contribution < 1.29 is 4.74 Å². The Hall–Kier alpha value is -2.52. The molecule has 2 atom stereocenters. The third kappa shape index (κ3) is 4.16. The van der Waals surface area contributed by atoms with Gasteiger partial charge in [0.2, 0.25) is 0 Å². The lowest BCUT2D eigenvalue weighted by atomic mass is 9.93. The van der Waals surface area contributed by atoms with Crippen LogP contribution in [-0.4, -0.2) is 31.8 Å². The normalized spacial score (nSPS) is 24.7. The van der Waals surface area contributed by atoms with Crippen molar-refractivity contribution >= 4 is 17.3 Å². The van der Waals surface area contributed by atoms with Crippen molar-refractivity contribution in [1.29, 1.82) is 0 Å². The van der Waals surface area contributed by atoms with Gasteiger partial charge in [-0.15, -0.1) is 0 Å². The highest BCUT2D eigenvalue weighted by Crippen LogP contribution is 2.37. The van der Waals surface area contributed by atoms with E-state index in [9.17, 15) is 0 Å². The summed E-state index contributed by atoms with van der Waals surface area (Å²) in [6.07, 6.45) is 9.09. The Morgan fingerprint density at radius 1 is 0.968 bits per heavy atom. The fourth-order valence-electron chi connectivity index (χ4n) is 5.41. The van der Waals surface area contributed by atoms with Crippen LogP contribution in [0.15, 0.2) is 48.0 Å². The van der Waals surface area contributed by atoms with E-state index in [0.29, 0.717) is 12.1 Å². The van der Waals surface area contributed by atoms with E-state index in [1.165, 1.54) is 39.1 Å². The molecule has 1 N–H and O–H groups in total. The van der Waals surface area contributed by atoms with Crippen molar-refractivity contribution in [2.24, 2.45) is 0 Å². The highest BCUT2D eigenvalue weighted by Gasteiger charge is 2.23. The smallest absolute Gasteiger partial charge is 0.123 e. The molecule has 0 unspecified atom stereocenters. The average Bonchev–Trinajstić information content (AvgIpc) is 2.97. The molecule has 0 bridgehead atoms. The second-order valence-corrected chi connectivity index (χ2v) is 9.40. The Morgan fingerprint density at radius 3 is 2.61 bits per heavy atom. The number of ether oxygens (including phenoxy) is 1. The molecule has 0 radical (unpaired) electrons. The summed E-state index contributed by atoms with van der Waals surface area (Å²) in [7, 11) is 0. The summed E-state index contributed by atoms with van der Waals surface area (Å²) in [6, 6.07) is 14.9. The number of fused-ring (bicyclic) bond motifs is 2. The van der Waals surface area contributed by atoms with Gasteiger partial charge in [0.05, 0.1) is 6.61 Å². The lowest BCUT2D eigenvalue weighted by Gasteiger charge is -2.38. The molecule has 1 fully saturated rings. The van der Waals surface area contributed by atoms with E-state index in [2.05, 4.69) is 79.5 Å². The molecule has 0 aromatic heterocycles. The molecule has 1 saturated heterocycles. The van der Waals surface area contributed by atoms with E-state index in [-0.39, 0.29) is 0 Å². The van der Waals surface area contributed by atoms with Crippen LogP contribution < -0.4 is 15.0 Å². The van der Waals surface area contributed by atoms with Gasteiger partial charge in [0.1, 0.15) is 5.75 Å². The summed E-state index contributed by atoms with van der Waals surface area (Å²) in [5.41, 5.74) is 9.56. The topological polar surface area (TPSA) is 24.5 Å². The molecule has 0 saturated carbocycles. The molecular weight excluding hydrogens is 380 g/mol. The number of hydrogen-bond donors (Lipinski definition) is 1. The first-order chi connectivity index (χ1) is 15.1. The Bertz CT molecular complexity index is 1030. The Kier molecular flexibility index (Phi) is 5.62. The Balaban J connectivity index is 1.50. The summed E-state index contributed by atoms with van der Waals surface area (Å²) in [5, 5.41) is 3.64. The molecule has 2 heterocycles. The molecule has 1 aliphatic carbocycles. The van der Waals surface area contributed by atoms with E-state index in [1.807, 2.05) is 0 Å². The second kappa shape index (κ2) is 8.55. The molecule has 162 valence electrons.